The van der Waals surface area contributed by atoms with Crippen LogP contribution < -0.4 is 5.32 Å². The number of nitriles is 1. The highest BCUT2D eigenvalue weighted by atomic mass is 35.5. The minimum atomic E-state index is -0.696. The second kappa shape index (κ2) is 5.03. The third kappa shape index (κ3) is 2.58. The van der Waals surface area contributed by atoms with E-state index in [2.05, 4.69) is 5.32 Å². The molecule has 2 aromatic carbocycles. The Bertz CT molecular complexity index is 615. The van der Waals surface area contributed by atoms with Crippen molar-refractivity contribution >= 4 is 23.0 Å². The molecule has 2 aromatic rings. The van der Waals surface area contributed by atoms with E-state index in [0.29, 0.717) is 5.69 Å². The quantitative estimate of drug-likeness (QED) is 0.881. The van der Waals surface area contributed by atoms with Gasteiger partial charge in [-0.3, -0.25) is 0 Å². The number of halogens is 3. The average Bonchev–Trinajstić information content (AvgIpc) is 2.27. The van der Waals surface area contributed by atoms with Gasteiger partial charge >= 0.3 is 0 Å². The van der Waals surface area contributed by atoms with Gasteiger partial charge in [-0.05, 0) is 24.3 Å². The first-order valence-electron chi connectivity index (χ1n) is 5.02. The van der Waals surface area contributed by atoms with E-state index in [9.17, 15) is 8.78 Å². The molecule has 0 saturated carbocycles. The van der Waals surface area contributed by atoms with E-state index in [1.54, 1.807) is 18.2 Å². The summed E-state index contributed by atoms with van der Waals surface area (Å²) in [5.41, 5.74) is 0.838. The average molecular weight is 265 g/mol. The highest BCUT2D eigenvalue weighted by molar-refractivity contribution is 6.32. The Labute approximate surface area is 107 Å². The van der Waals surface area contributed by atoms with Crippen molar-refractivity contribution in [2.75, 3.05) is 5.32 Å². The fourth-order valence-electron chi connectivity index (χ4n) is 1.52. The van der Waals surface area contributed by atoms with Gasteiger partial charge in [-0.1, -0.05) is 17.7 Å². The van der Waals surface area contributed by atoms with E-state index in [0.717, 1.165) is 18.2 Å². The Morgan fingerprint density at radius 3 is 2.39 bits per heavy atom. The molecule has 90 valence electrons. The van der Waals surface area contributed by atoms with Gasteiger partial charge < -0.3 is 5.32 Å². The third-order valence-corrected chi connectivity index (χ3v) is 2.58. The first-order valence-corrected chi connectivity index (χ1v) is 5.39. The smallest absolute Gasteiger partial charge is 0.128 e. The first-order chi connectivity index (χ1) is 8.60. The summed E-state index contributed by atoms with van der Waals surface area (Å²) in [5.74, 6) is -1.39. The summed E-state index contributed by atoms with van der Waals surface area (Å²) in [4.78, 5) is 0. The highest BCUT2D eigenvalue weighted by Gasteiger charge is 2.07. The lowest BCUT2D eigenvalue weighted by molar-refractivity contribution is 0.584. The van der Waals surface area contributed by atoms with Crippen LogP contribution in [0.5, 0.6) is 0 Å². The largest absolute Gasteiger partial charge is 0.354 e. The van der Waals surface area contributed by atoms with Crippen LogP contribution in [0.15, 0.2) is 36.4 Å². The minimum Gasteiger partial charge on any atom is -0.354 e. The van der Waals surface area contributed by atoms with Crippen LogP contribution in [0.3, 0.4) is 0 Å². The van der Waals surface area contributed by atoms with Crippen LogP contribution in [0.4, 0.5) is 20.2 Å². The van der Waals surface area contributed by atoms with Gasteiger partial charge in [-0.25, -0.2) is 8.78 Å². The molecule has 0 aliphatic heterocycles. The Balaban J connectivity index is 2.40. The van der Waals surface area contributed by atoms with Gasteiger partial charge in [-0.15, -0.1) is 0 Å². The van der Waals surface area contributed by atoms with Crippen molar-refractivity contribution < 1.29 is 8.78 Å². The standard InChI is InChI=1S/C13H7ClF2N2/c14-12-2-1-3-13(11(12)7-17)18-10-5-8(15)4-9(16)6-10/h1-6,18H. The van der Waals surface area contributed by atoms with Crippen molar-refractivity contribution in [2.45, 2.75) is 0 Å². The third-order valence-electron chi connectivity index (χ3n) is 2.27. The molecule has 1 N–H and O–H groups in total. The molecule has 0 bridgehead atoms. The molecule has 0 amide bonds. The Morgan fingerprint density at radius 1 is 1.11 bits per heavy atom. The monoisotopic (exact) mass is 264 g/mol. The molecule has 0 aliphatic rings. The van der Waals surface area contributed by atoms with Crippen LogP contribution in [0, 0.1) is 23.0 Å². The number of benzene rings is 2. The van der Waals surface area contributed by atoms with Crippen LogP contribution in [-0.4, -0.2) is 0 Å². The lowest BCUT2D eigenvalue weighted by Crippen LogP contribution is -1.95. The maximum Gasteiger partial charge on any atom is 0.128 e. The van der Waals surface area contributed by atoms with Gasteiger partial charge in [0.05, 0.1) is 16.3 Å². The maximum absolute atomic E-state index is 13.0. The van der Waals surface area contributed by atoms with Crippen molar-refractivity contribution in [2.24, 2.45) is 0 Å². The summed E-state index contributed by atoms with van der Waals surface area (Å²) >= 11 is 5.85. The molecule has 0 saturated heterocycles. The second-order valence-corrected chi connectivity index (χ2v) is 3.96. The van der Waals surface area contributed by atoms with E-state index in [1.807, 2.05) is 6.07 Å². The SMILES string of the molecule is N#Cc1c(Cl)cccc1Nc1cc(F)cc(F)c1. The molecule has 18 heavy (non-hydrogen) atoms. The van der Waals surface area contributed by atoms with Crippen LogP contribution in [0.1, 0.15) is 5.56 Å². The van der Waals surface area contributed by atoms with Gasteiger partial charge in [0.2, 0.25) is 0 Å². The normalized spacial score (nSPS) is 9.89. The predicted octanol–water partition coefficient (Wildman–Crippen LogP) is 4.23. The fourth-order valence-corrected chi connectivity index (χ4v) is 1.74. The molecule has 0 radical (unpaired) electrons. The van der Waals surface area contributed by atoms with E-state index in [-0.39, 0.29) is 16.3 Å². The first kappa shape index (κ1) is 12.3. The molecule has 0 fully saturated rings. The van der Waals surface area contributed by atoms with Crippen molar-refractivity contribution in [3.63, 3.8) is 0 Å². The van der Waals surface area contributed by atoms with Gasteiger partial charge in [0.15, 0.2) is 0 Å². The van der Waals surface area contributed by atoms with Crippen LogP contribution >= 0.6 is 11.6 Å². The molecule has 2 nitrogen and oxygen atoms in total. The van der Waals surface area contributed by atoms with E-state index in [1.165, 1.54) is 0 Å². The topological polar surface area (TPSA) is 35.8 Å². The lowest BCUT2D eigenvalue weighted by Gasteiger charge is -2.09. The van der Waals surface area contributed by atoms with E-state index in [4.69, 9.17) is 16.9 Å². The summed E-state index contributed by atoms with van der Waals surface area (Å²) in [6.07, 6.45) is 0. The van der Waals surface area contributed by atoms with Crippen LogP contribution in [0.25, 0.3) is 0 Å². The second-order valence-electron chi connectivity index (χ2n) is 3.56. The molecular formula is C13H7ClF2N2. The highest BCUT2D eigenvalue weighted by Crippen LogP contribution is 2.26. The van der Waals surface area contributed by atoms with Crippen LogP contribution in [-0.2, 0) is 0 Å². The lowest BCUT2D eigenvalue weighted by atomic mass is 10.2. The zero-order valence-electron chi connectivity index (χ0n) is 9.05. The van der Waals surface area contributed by atoms with Crippen molar-refractivity contribution in [3.05, 3.63) is 58.6 Å². The molecule has 5 heteroatoms. The Morgan fingerprint density at radius 2 is 1.78 bits per heavy atom. The Hall–Kier alpha value is -2.12. The maximum atomic E-state index is 13.0. The summed E-state index contributed by atoms with van der Waals surface area (Å²) in [5, 5.41) is 12.0. The minimum absolute atomic E-state index is 0.214. The van der Waals surface area contributed by atoms with Crippen LogP contribution in [0.2, 0.25) is 5.02 Å². The van der Waals surface area contributed by atoms with Gasteiger partial charge in [-0.2, -0.15) is 5.26 Å². The van der Waals surface area contributed by atoms with E-state index >= 15 is 0 Å². The number of anilines is 2. The zero-order chi connectivity index (χ0) is 13.1. The molecule has 0 spiro atoms. The molecule has 0 aliphatic carbocycles. The molecule has 0 unspecified atom stereocenters. The number of nitrogens with zero attached hydrogens (tertiary/aromatic N) is 1. The number of nitrogens with one attached hydrogen (secondary N) is 1. The van der Waals surface area contributed by atoms with Gasteiger partial charge in [0.25, 0.3) is 0 Å². The van der Waals surface area contributed by atoms with Gasteiger partial charge in [0, 0.05) is 11.8 Å². The van der Waals surface area contributed by atoms with Gasteiger partial charge in [0.1, 0.15) is 17.7 Å². The zero-order valence-corrected chi connectivity index (χ0v) is 9.80. The summed E-state index contributed by atoms with van der Waals surface area (Å²) in [6.45, 7) is 0. The van der Waals surface area contributed by atoms with E-state index < -0.39 is 11.6 Å². The number of hydrogen-bond donors (Lipinski definition) is 1. The fraction of sp³-hybridized carbons (Fsp3) is 0. The Kier molecular flexibility index (Phi) is 3.45. The molecule has 0 atom stereocenters. The summed E-state index contributed by atoms with van der Waals surface area (Å²) in [7, 11) is 0. The summed E-state index contributed by atoms with van der Waals surface area (Å²) < 4.78 is 26.0. The molecular weight excluding hydrogens is 258 g/mol. The predicted molar refractivity (Wildman–Crippen MR) is 65.8 cm³/mol. The molecule has 2 rings (SSSR count). The van der Waals surface area contributed by atoms with Crippen molar-refractivity contribution in [3.8, 4) is 6.07 Å². The molecule has 0 aromatic heterocycles. The van der Waals surface area contributed by atoms with Crippen molar-refractivity contribution in [1.29, 1.82) is 5.26 Å². The summed E-state index contributed by atoms with van der Waals surface area (Å²) in [6, 6.07) is 9.78. The number of hydrogen-bond acceptors (Lipinski definition) is 2. The number of rotatable bonds is 2. The molecule has 0 heterocycles. The van der Waals surface area contributed by atoms with Crippen molar-refractivity contribution in [1.82, 2.24) is 0 Å².